The topological polar surface area (TPSA) is 97.4 Å². The number of thiophene rings is 1. The molecule has 0 aliphatic rings. The van der Waals surface area contributed by atoms with Gasteiger partial charge in [-0.15, -0.1) is 16.4 Å². The first-order chi connectivity index (χ1) is 13.1. The number of carbonyl (C=O) groups excluding carboxylic acids is 1. The molecule has 0 aromatic carbocycles. The Morgan fingerprint density at radius 3 is 2.93 bits per heavy atom. The fraction of sp³-hybridized carbons (Fsp3) is 0.235. The predicted molar refractivity (Wildman–Crippen MR) is 104 cm³/mol. The van der Waals surface area contributed by atoms with Gasteiger partial charge in [-0.3, -0.25) is 14.0 Å². The van der Waals surface area contributed by atoms with Crippen LogP contribution in [0.5, 0.6) is 0 Å². The van der Waals surface area contributed by atoms with E-state index in [1.165, 1.54) is 17.2 Å². The monoisotopic (exact) mass is 383 g/mol. The summed E-state index contributed by atoms with van der Waals surface area (Å²) in [6.45, 7) is 2.50. The Bertz CT molecular complexity index is 1180. The molecule has 4 rings (SSSR count). The molecule has 4 aromatic heterocycles. The summed E-state index contributed by atoms with van der Waals surface area (Å²) in [6.07, 6.45) is 2.87. The molecule has 0 radical (unpaired) electrons. The quantitative estimate of drug-likeness (QED) is 0.562. The van der Waals surface area contributed by atoms with Gasteiger partial charge in [0.15, 0.2) is 0 Å². The molecule has 0 saturated carbocycles. The largest absolute Gasteiger partial charge is 0.344 e. The molecule has 0 aliphatic heterocycles. The highest BCUT2D eigenvalue weighted by Crippen LogP contribution is 2.26. The van der Waals surface area contributed by atoms with Crippen LogP contribution in [-0.2, 0) is 11.3 Å². The first-order valence-electron chi connectivity index (χ1n) is 8.35. The van der Waals surface area contributed by atoms with Gasteiger partial charge in [0, 0.05) is 19.8 Å². The van der Waals surface area contributed by atoms with Gasteiger partial charge in [-0.05, 0) is 30.5 Å². The average Bonchev–Trinajstić information content (AvgIpc) is 3.26. The maximum atomic E-state index is 12.9. The van der Waals surface area contributed by atoms with Crippen molar-refractivity contribution in [1.82, 2.24) is 24.1 Å². The Balaban J connectivity index is 1.77. The number of carbonyl (C=O) groups is 1. The maximum absolute atomic E-state index is 12.9. The third-order valence-corrected chi connectivity index (χ3v) is 5.10. The van der Waals surface area contributed by atoms with Crippen molar-refractivity contribution >= 4 is 44.7 Å². The van der Waals surface area contributed by atoms with E-state index >= 15 is 0 Å². The van der Waals surface area contributed by atoms with Gasteiger partial charge in [0.05, 0.1) is 10.2 Å². The van der Waals surface area contributed by atoms with Crippen molar-refractivity contribution < 1.29 is 4.79 Å². The highest BCUT2D eigenvalue weighted by atomic mass is 32.1. The van der Waals surface area contributed by atoms with Gasteiger partial charge in [-0.2, -0.15) is 0 Å². The number of amides is 1. The molecule has 27 heavy (non-hydrogen) atoms. The zero-order valence-electron chi connectivity index (χ0n) is 14.8. The van der Waals surface area contributed by atoms with Gasteiger partial charge in [0.2, 0.25) is 11.9 Å². The lowest BCUT2D eigenvalue weighted by atomic mass is 10.5. The molecule has 1 N–H and O–H groups in total. The van der Waals surface area contributed by atoms with Crippen LogP contribution in [0.15, 0.2) is 40.9 Å². The molecule has 0 bridgehead atoms. The lowest BCUT2D eigenvalue weighted by molar-refractivity contribution is -0.117. The van der Waals surface area contributed by atoms with E-state index in [0.717, 1.165) is 10.2 Å². The smallest absolute Gasteiger partial charge is 0.291 e. The van der Waals surface area contributed by atoms with Crippen LogP contribution in [0.25, 0.3) is 15.7 Å². The fourth-order valence-electron chi connectivity index (χ4n) is 2.81. The normalized spacial score (nSPS) is 11.2. The second-order valence-electron chi connectivity index (χ2n) is 5.95. The Kier molecular flexibility index (Phi) is 4.32. The molecule has 0 atom stereocenters. The molecule has 0 spiro atoms. The van der Waals surface area contributed by atoms with E-state index in [1.54, 1.807) is 17.4 Å². The van der Waals surface area contributed by atoms with Crippen LogP contribution in [0.1, 0.15) is 6.92 Å². The van der Waals surface area contributed by atoms with E-state index in [1.807, 2.05) is 40.8 Å². The highest BCUT2D eigenvalue weighted by molar-refractivity contribution is 7.17. The molecule has 138 valence electrons. The van der Waals surface area contributed by atoms with Crippen molar-refractivity contribution in [2.24, 2.45) is 0 Å². The minimum absolute atomic E-state index is 0.206. The van der Waals surface area contributed by atoms with E-state index in [-0.39, 0.29) is 18.0 Å². The summed E-state index contributed by atoms with van der Waals surface area (Å²) in [7, 11) is 1.90. The summed E-state index contributed by atoms with van der Waals surface area (Å²) in [5, 5.41) is 9.08. The third-order valence-electron chi connectivity index (χ3n) is 4.25. The maximum Gasteiger partial charge on any atom is 0.291 e. The summed E-state index contributed by atoms with van der Waals surface area (Å²) in [6, 6.07) is 5.39. The Labute approximate surface area is 157 Å². The van der Waals surface area contributed by atoms with Crippen molar-refractivity contribution in [3.8, 4) is 0 Å². The molecular formula is C17H17N7O2S. The number of hydrogen-bond donors (Lipinski definition) is 1. The summed E-state index contributed by atoms with van der Waals surface area (Å²) in [5.74, 6) is 0.597. The lowest BCUT2D eigenvalue weighted by Gasteiger charge is -2.19. The molecule has 0 saturated heterocycles. The van der Waals surface area contributed by atoms with Crippen LogP contribution in [0.3, 0.4) is 0 Å². The third kappa shape index (κ3) is 3.04. The number of hydrogen-bond acceptors (Lipinski definition) is 7. The molecule has 1 amide bonds. The van der Waals surface area contributed by atoms with E-state index in [0.29, 0.717) is 23.8 Å². The van der Waals surface area contributed by atoms with Gasteiger partial charge >= 0.3 is 0 Å². The zero-order chi connectivity index (χ0) is 19.0. The molecule has 4 heterocycles. The number of fused-ring (bicyclic) bond motifs is 3. The second kappa shape index (κ2) is 6.80. The minimum atomic E-state index is -0.383. The van der Waals surface area contributed by atoms with Crippen molar-refractivity contribution in [2.75, 3.05) is 23.8 Å². The Hall–Kier alpha value is -3.27. The van der Waals surface area contributed by atoms with Gasteiger partial charge in [0.25, 0.3) is 5.56 Å². The van der Waals surface area contributed by atoms with Crippen molar-refractivity contribution in [1.29, 1.82) is 0 Å². The summed E-state index contributed by atoms with van der Waals surface area (Å²) in [4.78, 5) is 34.9. The van der Waals surface area contributed by atoms with Gasteiger partial charge in [0.1, 0.15) is 24.2 Å². The van der Waals surface area contributed by atoms with E-state index in [2.05, 4.69) is 20.4 Å². The van der Waals surface area contributed by atoms with Gasteiger partial charge < -0.3 is 10.2 Å². The van der Waals surface area contributed by atoms with Crippen molar-refractivity contribution in [3.05, 3.63) is 46.5 Å². The van der Waals surface area contributed by atoms with E-state index < -0.39 is 0 Å². The number of nitrogens with one attached hydrogen (secondary N) is 1. The van der Waals surface area contributed by atoms with Crippen molar-refractivity contribution in [2.45, 2.75) is 13.5 Å². The first-order valence-corrected chi connectivity index (χ1v) is 9.23. The number of nitrogens with zero attached hydrogens (tertiary/aromatic N) is 6. The van der Waals surface area contributed by atoms with Crippen LogP contribution in [-0.4, -0.2) is 43.6 Å². The summed E-state index contributed by atoms with van der Waals surface area (Å²) < 4.78 is 4.04. The molecular weight excluding hydrogens is 366 g/mol. The lowest BCUT2D eigenvalue weighted by Crippen LogP contribution is -2.34. The molecule has 4 aromatic rings. The number of rotatable bonds is 5. The molecule has 9 nitrogen and oxygen atoms in total. The van der Waals surface area contributed by atoms with Gasteiger partial charge in [-0.25, -0.2) is 14.6 Å². The fourth-order valence-corrected chi connectivity index (χ4v) is 3.61. The highest BCUT2D eigenvalue weighted by Gasteiger charge is 2.18. The molecule has 0 aliphatic carbocycles. The van der Waals surface area contributed by atoms with Crippen LogP contribution < -0.4 is 15.8 Å². The minimum Gasteiger partial charge on any atom is -0.344 e. The standard InChI is InChI=1S/C17H17N7O2S/c1-3-22(2)17-21-23(9-15(25)20-14-4-6-18-10-19-14)16(26)12-8-13-11(24(12)17)5-7-27-13/h4-8,10H,3,9H2,1-2H3,(H,18,19,20,25). The van der Waals surface area contributed by atoms with Crippen LogP contribution in [0, 0.1) is 0 Å². The van der Waals surface area contributed by atoms with E-state index in [4.69, 9.17) is 0 Å². The first kappa shape index (κ1) is 17.2. The van der Waals surface area contributed by atoms with Crippen LogP contribution >= 0.6 is 11.3 Å². The second-order valence-corrected chi connectivity index (χ2v) is 6.90. The Morgan fingerprint density at radius 1 is 1.33 bits per heavy atom. The SMILES string of the molecule is CCN(C)c1nn(CC(=O)Nc2ccncn2)c(=O)c2cc3sccc3n12. The van der Waals surface area contributed by atoms with Crippen LogP contribution in [0.2, 0.25) is 0 Å². The predicted octanol–water partition coefficient (Wildman–Crippen LogP) is 1.60. The van der Waals surface area contributed by atoms with Crippen molar-refractivity contribution in [3.63, 3.8) is 0 Å². The molecule has 0 fully saturated rings. The number of aromatic nitrogens is 5. The Morgan fingerprint density at radius 2 is 2.19 bits per heavy atom. The summed E-state index contributed by atoms with van der Waals surface area (Å²) in [5.41, 5.74) is 1.12. The molecule has 0 unspecified atom stereocenters. The summed E-state index contributed by atoms with van der Waals surface area (Å²) >= 11 is 1.56. The van der Waals surface area contributed by atoms with Gasteiger partial charge in [-0.1, -0.05) is 0 Å². The van der Waals surface area contributed by atoms with Crippen LogP contribution in [0.4, 0.5) is 11.8 Å². The average molecular weight is 383 g/mol. The number of anilines is 2. The zero-order valence-corrected chi connectivity index (χ0v) is 15.6. The van der Waals surface area contributed by atoms with E-state index in [9.17, 15) is 9.59 Å². The molecule has 10 heteroatoms.